The normalized spacial score (nSPS) is 17.4. The Hall–Kier alpha value is -5.24. The van der Waals surface area contributed by atoms with Crippen LogP contribution in [-0.4, -0.2) is 142 Å². The van der Waals surface area contributed by atoms with Crippen LogP contribution >= 0.6 is 23.2 Å². The van der Waals surface area contributed by atoms with Crippen LogP contribution in [0.4, 0.5) is 21.2 Å². The minimum Gasteiger partial charge on any atom is -0.467 e. The van der Waals surface area contributed by atoms with Crippen LogP contribution in [0, 0.1) is 0 Å². The minimum absolute atomic E-state index is 0.0117. The van der Waals surface area contributed by atoms with Crippen LogP contribution in [0.2, 0.25) is 10.6 Å². The van der Waals surface area contributed by atoms with E-state index in [9.17, 15) is 28.8 Å². The summed E-state index contributed by atoms with van der Waals surface area (Å²) in [7, 11) is 2.47. The molecule has 0 saturated carbocycles. The Morgan fingerprint density at radius 3 is 1.50 bits per heavy atom. The molecule has 2 aliphatic rings. The van der Waals surface area contributed by atoms with Crippen LogP contribution in [0.5, 0.6) is 0 Å². The molecule has 4 amide bonds. The summed E-state index contributed by atoms with van der Waals surface area (Å²) < 4.78 is 20.2. The molecule has 2 aromatic heterocycles. The molecule has 22 heteroatoms. The summed E-state index contributed by atoms with van der Waals surface area (Å²) in [6, 6.07) is 0.968. The number of carbonyl (C=O) groups is 6. The SMILES string of the molecule is CC(C)(C)OC(=O)N1CCN(c2cc(C(N)=O)nc(Cl)n2)C(C(N)=O)C1.COC(=O)c1cc(N2CCN(C(=O)OC(C)(C)C)CC2C(=O)OC)nc(Cl)n1. The molecule has 2 aliphatic heterocycles. The zero-order chi connectivity index (χ0) is 40.7. The van der Waals surface area contributed by atoms with Gasteiger partial charge in [0.15, 0.2) is 5.69 Å². The quantitative estimate of drug-likeness (QED) is 0.239. The summed E-state index contributed by atoms with van der Waals surface area (Å²) in [6.07, 6.45) is -1.07. The Morgan fingerprint density at radius 2 is 1.09 bits per heavy atom. The average Bonchev–Trinajstić information content (AvgIpc) is 3.08. The third-order valence-electron chi connectivity index (χ3n) is 7.47. The number of ether oxygens (including phenoxy) is 4. The van der Waals surface area contributed by atoms with Gasteiger partial charge in [0, 0.05) is 38.3 Å². The lowest BCUT2D eigenvalue weighted by molar-refractivity contribution is -0.143. The zero-order valence-electron chi connectivity index (χ0n) is 31.1. The second kappa shape index (κ2) is 17.7. The van der Waals surface area contributed by atoms with Crippen molar-refractivity contribution in [1.82, 2.24) is 29.7 Å². The van der Waals surface area contributed by atoms with Gasteiger partial charge >= 0.3 is 24.1 Å². The van der Waals surface area contributed by atoms with Gasteiger partial charge in [-0.15, -0.1) is 0 Å². The molecule has 2 aromatic rings. The van der Waals surface area contributed by atoms with Gasteiger partial charge in [0.1, 0.15) is 40.6 Å². The molecular weight excluding hydrogens is 755 g/mol. The van der Waals surface area contributed by atoms with Gasteiger partial charge in [0.2, 0.25) is 16.5 Å². The summed E-state index contributed by atoms with van der Waals surface area (Å²) in [6.45, 7) is 11.6. The molecule has 54 heavy (non-hydrogen) atoms. The molecule has 2 unspecified atom stereocenters. The summed E-state index contributed by atoms with van der Waals surface area (Å²) in [5, 5.41) is -0.356. The highest BCUT2D eigenvalue weighted by atomic mass is 35.5. The third kappa shape index (κ3) is 11.9. The van der Waals surface area contributed by atoms with E-state index in [1.807, 2.05) is 0 Å². The Balaban J connectivity index is 0.000000291. The molecule has 20 nitrogen and oxygen atoms in total. The number of nitrogens with zero attached hydrogens (tertiary/aromatic N) is 8. The molecule has 4 heterocycles. The van der Waals surface area contributed by atoms with Crippen molar-refractivity contribution in [2.75, 3.05) is 63.3 Å². The predicted molar refractivity (Wildman–Crippen MR) is 193 cm³/mol. The van der Waals surface area contributed by atoms with Crippen molar-refractivity contribution in [2.24, 2.45) is 11.5 Å². The molecule has 4 N–H and O–H groups in total. The summed E-state index contributed by atoms with van der Waals surface area (Å²) in [4.78, 5) is 93.7. The highest BCUT2D eigenvalue weighted by Crippen LogP contribution is 2.25. The van der Waals surface area contributed by atoms with Gasteiger partial charge in [-0.05, 0) is 64.7 Å². The van der Waals surface area contributed by atoms with Gasteiger partial charge in [-0.2, -0.15) is 0 Å². The Morgan fingerprint density at radius 1 is 0.667 bits per heavy atom. The van der Waals surface area contributed by atoms with Gasteiger partial charge in [0.05, 0.1) is 27.3 Å². The number of aromatic nitrogens is 4. The zero-order valence-corrected chi connectivity index (χ0v) is 32.6. The molecule has 0 spiro atoms. The van der Waals surface area contributed by atoms with Crippen LogP contribution < -0.4 is 21.3 Å². The number of nitrogens with two attached hydrogens (primary N) is 2. The highest BCUT2D eigenvalue weighted by molar-refractivity contribution is 6.28. The number of hydrogen-bond acceptors (Lipinski definition) is 16. The van der Waals surface area contributed by atoms with E-state index in [4.69, 9.17) is 48.9 Å². The second-order valence-electron chi connectivity index (χ2n) is 13.8. The van der Waals surface area contributed by atoms with Crippen molar-refractivity contribution in [2.45, 2.75) is 64.8 Å². The number of methoxy groups -OCH3 is 2. The fourth-order valence-corrected chi connectivity index (χ4v) is 5.48. The molecule has 4 rings (SSSR count). The maximum absolute atomic E-state index is 12.4. The number of piperazine rings is 2. The number of carbonyl (C=O) groups excluding carboxylic acids is 6. The number of hydrogen-bond donors (Lipinski definition) is 2. The molecule has 2 saturated heterocycles. The molecule has 2 fully saturated rings. The number of primary amides is 2. The van der Waals surface area contributed by atoms with Crippen LogP contribution in [0.25, 0.3) is 0 Å². The molecule has 0 radical (unpaired) electrons. The second-order valence-corrected chi connectivity index (χ2v) is 14.5. The topological polar surface area (TPSA) is 256 Å². The first-order valence-corrected chi connectivity index (χ1v) is 17.1. The monoisotopic (exact) mass is 798 g/mol. The largest absolute Gasteiger partial charge is 0.467 e. The highest BCUT2D eigenvalue weighted by Gasteiger charge is 2.39. The Bertz CT molecular complexity index is 1750. The van der Waals surface area contributed by atoms with Gasteiger partial charge in [-0.1, -0.05) is 0 Å². The fraction of sp³-hybridized carbons (Fsp3) is 0.562. The number of amides is 4. The van der Waals surface area contributed by atoms with Gasteiger partial charge in [-0.3, -0.25) is 9.59 Å². The molecule has 0 bridgehead atoms. The van der Waals surface area contributed by atoms with Crippen LogP contribution in [-0.2, 0) is 28.5 Å². The first-order chi connectivity index (χ1) is 25.0. The van der Waals surface area contributed by atoms with E-state index in [0.29, 0.717) is 0 Å². The van der Waals surface area contributed by atoms with Crippen molar-refractivity contribution < 1.29 is 47.7 Å². The predicted octanol–water partition coefficient (Wildman–Crippen LogP) is 1.66. The van der Waals surface area contributed by atoms with E-state index in [2.05, 4.69) is 24.7 Å². The van der Waals surface area contributed by atoms with Crippen LogP contribution in [0.3, 0.4) is 0 Å². The van der Waals surface area contributed by atoms with E-state index < -0.39 is 59.2 Å². The van der Waals surface area contributed by atoms with E-state index in [1.54, 1.807) is 51.3 Å². The van der Waals surface area contributed by atoms with E-state index in [1.165, 1.54) is 36.2 Å². The van der Waals surface area contributed by atoms with E-state index >= 15 is 0 Å². The van der Waals surface area contributed by atoms with Gasteiger partial charge in [0.25, 0.3) is 5.91 Å². The third-order valence-corrected chi connectivity index (χ3v) is 7.81. The minimum atomic E-state index is -0.872. The van der Waals surface area contributed by atoms with Crippen molar-refractivity contribution >= 4 is 70.8 Å². The van der Waals surface area contributed by atoms with Crippen molar-refractivity contribution in [3.05, 3.63) is 34.1 Å². The fourth-order valence-electron chi connectivity index (χ4n) is 5.12. The lowest BCUT2D eigenvalue weighted by atomic mass is 10.1. The van der Waals surface area contributed by atoms with Crippen LogP contribution in [0.15, 0.2) is 12.1 Å². The number of esters is 2. The van der Waals surface area contributed by atoms with E-state index in [0.717, 1.165) is 0 Å². The van der Waals surface area contributed by atoms with Crippen molar-refractivity contribution in [3.8, 4) is 0 Å². The first-order valence-electron chi connectivity index (χ1n) is 16.4. The Labute approximate surface area is 321 Å². The number of halogens is 2. The summed E-state index contributed by atoms with van der Waals surface area (Å²) in [5.74, 6) is -2.21. The summed E-state index contributed by atoms with van der Waals surface area (Å²) in [5.41, 5.74) is 9.27. The number of rotatable bonds is 6. The lowest BCUT2D eigenvalue weighted by Gasteiger charge is -2.40. The van der Waals surface area contributed by atoms with Crippen molar-refractivity contribution in [1.29, 1.82) is 0 Å². The Kier molecular flexibility index (Phi) is 14.2. The number of anilines is 2. The smallest absolute Gasteiger partial charge is 0.410 e. The maximum atomic E-state index is 12.4. The van der Waals surface area contributed by atoms with E-state index in [-0.39, 0.29) is 72.9 Å². The lowest BCUT2D eigenvalue weighted by Crippen LogP contribution is -2.60. The molecule has 0 aliphatic carbocycles. The summed E-state index contributed by atoms with van der Waals surface area (Å²) >= 11 is 11.8. The molecule has 0 aromatic carbocycles. The van der Waals surface area contributed by atoms with Gasteiger partial charge in [-0.25, -0.2) is 39.1 Å². The van der Waals surface area contributed by atoms with Crippen LogP contribution in [0.1, 0.15) is 62.5 Å². The maximum Gasteiger partial charge on any atom is 0.410 e. The first kappa shape index (κ1) is 43.2. The molecule has 296 valence electrons. The van der Waals surface area contributed by atoms with Crippen molar-refractivity contribution in [3.63, 3.8) is 0 Å². The average molecular weight is 800 g/mol. The van der Waals surface area contributed by atoms with Gasteiger partial charge < -0.3 is 50.0 Å². The molecule has 2 atom stereocenters. The molecular formula is C32H44Cl2N10O10. The standard InChI is InChI=1S/C17H23ClN4O6.C15H21ClN6O4/c1-17(2,3)28-16(25)21-6-7-22(11(9-21)14(24)27-5)12-8-10(13(23)26-4)19-15(18)20-12;1-15(2,3)26-14(25)21-4-5-22(9(7-21)12(18)24)10-6-8(11(17)23)19-13(16)20-10/h8,11H,6-7,9H2,1-5H3;6,9H,4-5,7H2,1-3H3,(H2,17,23)(H2,18,24).